The molecule has 0 radical (unpaired) electrons. The minimum absolute atomic E-state index is 0.902. The Bertz CT molecular complexity index is 231. The second-order valence-corrected chi connectivity index (χ2v) is 3.05. The van der Waals surface area contributed by atoms with E-state index in [1.54, 1.807) is 0 Å². The van der Waals surface area contributed by atoms with Crippen LogP contribution >= 0.6 is 0 Å². The van der Waals surface area contributed by atoms with Crippen molar-refractivity contribution >= 4 is 0 Å². The molecule has 0 aliphatic rings. The summed E-state index contributed by atoms with van der Waals surface area (Å²) >= 11 is 0. The van der Waals surface area contributed by atoms with Gasteiger partial charge in [0.2, 0.25) is 0 Å². The summed E-state index contributed by atoms with van der Waals surface area (Å²) in [6, 6.07) is 0. The lowest BCUT2D eigenvalue weighted by atomic mass is 10.3. The molecule has 4 nitrogen and oxygen atoms in total. The molecular formula is C9H18N4. The molecule has 0 atom stereocenters. The number of nitrogens with one attached hydrogen (secondary N) is 2. The van der Waals surface area contributed by atoms with Crippen LogP contribution in [0.15, 0.2) is 12.4 Å². The van der Waals surface area contributed by atoms with Crippen LogP contribution in [-0.4, -0.2) is 29.4 Å². The first-order valence-corrected chi connectivity index (χ1v) is 4.72. The van der Waals surface area contributed by atoms with E-state index in [2.05, 4.69) is 22.7 Å². The summed E-state index contributed by atoms with van der Waals surface area (Å²) < 4.78 is 1.82. The van der Waals surface area contributed by atoms with Crippen LogP contribution in [0.2, 0.25) is 0 Å². The molecule has 2 N–H and O–H groups in total. The van der Waals surface area contributed by atoms with Gasteiger partial charge in [0.15, 0.2) is 0 Å². The Balaban J connectivity index is 2.06. The fourth-order valence-corrected chi connectivity index (χ4v) is 1.15. The van der Waals surface area contributed by atoms with Crippen molar-refractivity contribution < 1.29 is 0 Å². The van der Waals surface area contributed by atoms with Gasteiger partial charge in [-0.3, -0.25) is 4.68 Å². The van der Waals surface area contributed by atoms with E-state index in [-0.39, 0.29) is 0 Å². The molecule has 4 heteroatoms. The molecule has 1 heterocycles. The third-order valence-electron chi connectivity index (χ3n) is 1.82. The van der Waals surface area contributed by atoms with Gasteiger partial charge in [-0.05, 0) is 6.54 Å². The highest BCUT2D eigenvalue weighted by molar-refractivity contribution is 5.02. The van der Waals surface area contributed by atoms with Gasteiger partial charge in [0.25, 0.3) is 0 Å². The van der Waals surface area contributed by atoms with E-state index in [0.717, 1.165) is 26.2 Å². The second-order valence-electron chi connectivity index (χ2n) is 3.05. The van der Waals surface area contributed by atoms with E-state index in [9.17, 15) is 0 Å². The summed E-state index contributed by atoms with van der Waals surface area (Å²) in [5.41, 5.74) is 1.24. The molecule has 0 aromatic carbocycles. The van der Waals surface area contributed by atoms with Crippen LogP contribution < -0.4 is 10.6 Å². The average Bonchev–Trinajstić information content (AvgIpc) is 2.51. The van der Waals surface area contributed by atoms with E-state index < -0.39 is 0 Å². The van der Waals surface area contributed by atoms with E-state index in [1.165, 1.54) is 5.56 Å². The maximum absolute atomic E-state index is 4.09. The summed E-state index contributed by atoms with van der Waals surface area (Å²) in [4.78, 5) is 0. The Morgan fingerprint density at radius 2 is 2.15 bits per heavy atom. The van der Waals surface area contributed by atoms with Crippen LogP contribution in [0, 0.1) is 0 Å². The van der Waals surface area contributed by atoms with Crippen LogP contribution in [0.5, 0.6) is 0 Å². The number of likely N-dealkylation sites (N-methyl/N-ethyl adjacent to an activating group) is 1. The van der Waals surface area contributed by atoms with Crippen LogP contribution in [0.4, 0.5) is 0 Å². The van der Waals surface area contributed by atoms with Crippen molar-refractivity contribution in [2.24, 2.45) is 7.05 Å². The summed E-state index contributed by atoms with van der Waals surface area (Å²) in [5.74, 6) is 0. The smallest absolute Gasteiger partial charge is 0.0534 e. The number of aromatic nitrogens is 2. The van der Waals surface area contributed by atoms with Crippen molar-refractivity contribution in [2.75, 3.05) is 19.6 Å². The van der Waals surface area contributed by atoms with Gasteiger partial charge in [-0.15, -0.1) is 0 Å². The lowest BCUT2D eigenvalue weighted by Crippen LogP contribution is -2.26. The molecule has 0 unspecified atom stereocenters. The highest BCUT2D eigenvalue weighted by Gasteiger charge is 1.93. The molecule has 13 heavy (non-hydrogen) atoms. The van der Waals surface area contributed by atoms with Crippen molar-refractivity contribution in [1.29, 1.82) is 0 Å². The molecule has 0 saturated heterocycles. The second kappa shape index (κ2) is 5.72. The monoisotopic (exact) mass is 182 g/mol. The third kappa shape index (κ3) is 4.05. The Morgan fingerprint density at radius 3 is 2.77 bits per heavy atom. The van der Waals surface area contributed by atoms with Crippen molar-refractivity contribution in [3.63, 3.8) is 0 Å². The Kier molecular flexibility index (Phi) is 4.49. The third-order valence-corrected chi connectivity index (χ3v) is 1.82. The van der Waals surface area contributed by atoms with Gasteiger partial charge in [0.05, 0.1) is 6.20 Å². The molecule has 74 valence electrons. The normalized spacial score (nSPS) is 10.6. The van der Waals surface area contributed by atoms with Gasteiger partial charge in [-0.25, -0.2) is 0 Å². The minimum Gasteiger partial charge on any atom is -0.316 e. The Hall–Kier alpha value is -0.870. The summed E-state index contributed by atoms with van der Waals surface area (Å²) in [5, 5.41) is 10.7. The standard InChI is InChI=1S/C9H18N4/c1-3-10-4-5-11-6-9-7-12-13(2)8-9/h7-8,10-11H,3-6H2,1-2H3. The minimum atomic E-state index is 0.902. The summed E-state index contributed by atoms with van der Waals surface area (Å²) in [6.07, 6.45) is 3.92. The molecule has 1 aromatic heterocycles. The molecule has 0 fully saturated rings. The van der Waals surface area contributed by atoms with Gasteiger partial charge in [0.1, 0.15) is 0 Å². The summed E-state index contributed by atoms with van der Waals surface area (Å²) in [6.45, 7) is 6.08. The number of nitrogens with zero attached hydrogens (tertiary/aromatic N) is 2. The SMILES string of the molecule is CCNCCNCc1cnn(C)c1. The maximum atomic E-state index is 4.09. The highest BCUT2D eigenvalue weighted by atomic mass is 15.2. The fourth-order valence-electron chi connectivity index (χ4n) is 1.15. The molecule has 0 bridgehead atoms. The van der Waals surface area contributed by atoms with Crippen LogP contribution in [0.1, 0.15) is 12.5 Å². The summed E-state index contributed by atoms with van der Waals surface area (Å²) in [7, 11) is 1.93. The molecular weight excluding hydrogens is 164 g/mol. The first kappa shape index (κ1) is 10.2. The first-order valence-electron chi connectivity index (χ1n) is 4.72. The van der Waals surface area contributed by atoms with Crippen molar-refractivity contribution in [3.8, 4) is 0 Å². The Morgan fingerprint density at radius 1 is 1.38 bits per heavy atom. The van der Waals surface area contributed by atoms with Crippen molar-refractivity contribution in [1.82, 2.24) is 20.4 Å². The quantitative estimate of drug-likeness (QED) is 0.614. The van der Waals surface area contributed by atoms with Crippen LogP contribution in [0.25, 0.3) is 0 Å². The van der Waals surface area contributed by atoms with Gasteiger partial charge in [0, 0.05) is 38.4 Å². The molecule has 0 amide bonds. The van der Waals surface area contributed by atoms with E-state index >= 15 is 0 Å². The zero-order valence-electron chi connectivity index (χ0n) is 8.38. The fraction of sp³-hybridized carbons (Fsp3) is 0.667. The largest absolute Gasteiger partial charge is 0.316 e. The van der Waals surface area contributed by atoms with Crippen LogP contribution in [0.3, 0.4) is 0 Å². The molecule has 0 aliphatic carbocycles. The zero-order valence-corrected chi connectivity index (χ0v) is 8.38. The van der Waals surface area contributed by atoms with E-state index in [1.807, 2.05) is 24.1 Å². The average molecular weight is 182 g/mol. The number of hydrogen-bond donors (Lipinski definition) is 2. The predicted molar refractivity (Wildman–Crippen MR) is 53.5 cm³/mol. The highest BCUT2D eigenvalue weighted by Crippen LogP contribution is 1.93. The molecule has 0 saturated carbocycles. The van der Waals surface area contributed by atoms with Gasteiger partial charge < -0.3 is 10.6 Å². The maximum Gasteiger partial charge on any atom is 0.0534 e. The molecule has 1 rings (SSSR count). The van der Waals surface area contributed by atoms with E-state index in [4.69, 9.17) is 0 Å². The number of aryl methyl sites for hydroxylation is 1. The Labute approximate surface area is 79.3 Å². The van der Waals surface area contributed by atoms with E-state index in [0.29, 0.717) is 0 Å². The van der Waals surface area contributed by atoms with Crippen molar-refractivity contribution in [2.45, 2.75) is 13.5 Å². The molecule has 0 aliphatic heterocycles. The lowest BCUT2D eigenvalue weighted by Gasteiger charge is -2.02. The van der Waals surface area contributed by atoms with Crippen molar-refractivity contribution in [3.05, 3.63) is 18.0 Å². The van der Waals surface area contributed by atoms with Gasteiger partial charge in [-0.2, -0.15) is 5.10 Å². The molecule has 0 spiro atoms. The van der Waals surface area contributed by atoms with Crippen LogP contribution in [-0.2, 0) is 13.6 Å². The number of rotatable bonds is 6. The zero-order chi connectivity index (χ0) is 9.52. The van der Waals surface area contributed by atoms with Gasteiger partial charge in [-0.1, -0.05) is 6.92 Å². The van der Waals surface area contributed by atoms with Gasteiger partial charge >= 0.3 is 0 Å². The topological polar surface area (TPSA) is 41.9 Å². The molecule has 1 aromatic rings. The first-order chi connectivity index (χ1) is 6.33. The number of hydrogen-bond acceptors (Lipinski definition) is 3. The predicted octanol–water partition coefficient (Wildman–Crippen LogP) is 0.119. The lowest BCUT2D eigenvalue weighted by molar-refractivity contribution is 0.624.